The van der Waals surface area contributed by atoms with Crippen LogP contribution in [0.2, 0.25) is 5.02 Å². The fourth-order valence-corrected chi connectivity index (χ4v) is 3.44. The van der Waals surface area contributed by atoms with Gasteiger partial charge in [-0.15, -0.1) is 16.8 Å². The van der Waals surface area contributed by atoms with Crippen LogP contribution >= 0.6 is 23.4 Å². The number of para-hydroxylation sites is 1. The summed E-state index contributed by atoms with van der Waals surface area (Å²) in [6.45, 7) is 4.03. The van der Waals surface area contributed by atoms with E-state index in [2.05, 4.69) is 22.1 Å². The fourth-order valence-electron chi connectivity index (χ4n) is 2.47. The third kappa shape index (κ3) is 4.83. The van der Waals surface area contributed by atoms with E-state index in [9.17, 15) is 18.0 Å². The molecule has 0 aliphatic carbocycles. The average Bonchev–Trinajstić information content (AvgIpc) is 3.31. The van der Waals surface area contributed by atoms with E-state index in [1.54, 1.807) is 22.8 Å². The quantitative estimate of drug-likeness (QED) is 0.406. The van der Waals surface area contributed by atoms with Crippen LogP contribution in [0.3, 0.4) is 0 Å². The molecule has 0 atom stereocenters. The largest absolute Gasteiger partial charge is 0.461 e. The highest BCUT2D eigenvalue weighted by atomic mass is 35.5. The molecular formula is C18H14ClF3N4O2S. The zero-order valence-electron chi connectivity index (χ0n) is 14.7. The van der Waals surface area contributed by atoms with Gasteiger partial charge >= 0.3 is 6.18 Å². The molecule has 0 aliphatic rings. The summed E-state index contributed by atoms with van der Waals surface area (Å²) in [6, 6.07) is 6.70. The Morgan fingerprint density at radius 1 is 1.31 bits per heavy atom. The first-order chi connectivity index (χ1) is 13.8. The number of carbonyl (C=O) groups is 1. The summed E-state index contributed by atoms with van der Waals surface area (Å²) in [5.74, 6) is 0.0711. The lowest BCUT2D eigenvalue weighted by Gasteiger charge is -2.15. The molecule has 1 amide bonds. The van der Waals surface area contributed by atoms with Gasteiger partial charge in [-0.1, -0.05) is 35.5 Å². The van der Waals surface area contributed by atoms with Gasteiger partial charge in [0.15, 0.2) is 10.9 Å². The number of nitrogens with zero attached hydrogens (tertiary/aromatic N) is 3. The van der Waals surface area contributed by atoms with Crippen LogP contribution in [0, 0.1) is 0 Å². The van der Waals surface area contributed by atoms with Gasteiger partial charge in [0.2, 0.25) is 11.7 Å². The van der Waals surface area contributed by atoms with E-state index in [1.807, 2.05) is 0 Å². The fraction of sp³-hybridized carbons (Fsp3) is 0.167. The van der Waals surface area contributed by atoms with Crippen molar-refractivity contribution in [2.24, 2.45) is 0 Å². The molecule has 2 aromatic heterocycles. The normalized spacial score (nSPS) is 11.4. The highest BCUT2D eigenvalue weighted by Crippen LogP contribution is 2.38. The summed E-state index contributed by atoms with van der Waals surface area (Å²) < 4.78 is 46.4. The Balaban J connectivity index is 1.75. The van der Waals surface area contributed by atoms with Gasteiger partial charge in [0.25, 0.3) is 0 Å². The van der Waals surface area contributed by atoms with Gasteiger partial charge < -0.3 is 9.73 Å². The summed E-state index contributed by atoms with van der Waals surface area (Å²) in [4.78, 5) is 12.3. The van der Waals surface area contributed by atoms with Gasteiger partial charge in [0.05, 0.1) is 28.3 Å². The summed E-state index contributed by atoms with van der Waals surface area (Å²) in [5.41, 5.74) is -1.49. The lowest BCUT2D eigenvalue weighted by molar-refractivity contribution is -0.137. The molecule has 0 fully saturated rings. The third-order valence-electron chi connectivity index (χ3n) is 3.69. The maximum Gasteiger partial charge on any atom is 0.418 e. The number of alkyl halides is 3. The SMILES string of the molecule is C=CCn1c(SCC(=O)Nc2c(Cl)cccc2C(F)(F)F)nnc1-c1ccco1. The molecule has 3 aromatic rings. The average molecular weight is 443 g/mol. The van der Waals surface area contributed by atoms with Crippen LogP contribution in [-0.2, 0) is 17.5 Å². The first-order valence-electron chi connectivity index (χ1n) is 8.17. The van der Waals surface area contributed by atoms with Crippen molar-refractivity contribution in [3.05, 3.63) is 59.8 Å². The Hall–Kier alpha value is -2.72. The molecule has 0 aliphatic heterocycles. The molecule has 3 rings (SSSR count). The number of halogens is 4. The number of benzene rings is 1. The maximum absolute atomic E-state index is 13.1. The minimum atomic E-state index is -4.65. The number of anilines is 1. The molecule has 6 nitrogen and oxygen atoms in total. The smallest absolute Gasteiger partial charge is 0.418 e. The third-order valence-corrected chi connectivity index (χ3v) is 4.97. The van der Waals surface area contributed by atoms with Gasteiger partial charge in [-0.25, -0.2) is 0 Å². The highest BCUT2D eigenvalue weighted by molar-refractivity contribution is 7.99. The van der Waals surface area contributed by atoms with Crippen molar-refractivity contribution >= 4 is 35.0 Å². The Labute approximate surface area is 172 Å². The van der Waals surface area contributed by atoms with Crippen molar-refractivity contribution in [2.45, 2.75) is 17.9 Å². The highest BCUT2D eigenvalue weighted by Gasteiger charge is 2.34. The molecule has 2 heterocycles. The molecule has 11 heteroatoms. The van der Waals surface area contributed by atoms with Crippen LogP contribution < -0.4 is 5.32 Å². The monoisotopic (exact) mass is 442 g/mol. The molecule has 1 N–H and O–H groups in total. The van der Waals surface area contributed by atoms with E-state index < -0.39 is 23.3 Å². The van der Waals surface area contributed by atoms with Crippen molar-refractivity contribution in [3.63, 3.8) is 0 Å². The number of aromatic nitrogens is 3. The number of nitrogens with one attached hydrogen (secondary N) is 1. The van der Waals surface area contributed by atoms with Crippen LogP contribution in [0.5, 0.6) is 0 Å². The van der Waals surface area contributed by atoms with Crippen LogP contribution in [0.15, 0.2) is 58.8 Å². The molecule has 29 heavy (non-hydrogen) atoms. The molecular weight excluding hydrogens is 429 g/mol. The number of furan rings is 1. The predicted octanol–water partition coefficient (Wildman–Crippen LogP) is 5.13. The molecule has 0 saturated heterocycles. The maximum atomic E-state index is 13.1. The van der Waals surface area contributed by atoms with E-state index in [-0.39, 0.29) is 10.8 Å². The molecule has 0 bridgehead atoms. The number of allylic oxidation sites excluding steroid dienone is 1. The van der Waals surface area contributed by atoms with Crippen molar-refractivity contribution in [1.29, 1.82) is 0 Å². The molecule has 1 aromatic carbocycles. The van der Waals surface area contributed by atoms with E-state index in [1.165, 1.54) is 18.4 Å². The van der Waals surface area contributed by atoms with Crippen molar-refractivity contribution in [1.82, 2.24) is 14.8 Å². The van der Waals surface area contributed by atoms with E-state index >= 15 is 0 Å². The zero-order chi connectivity index (χ0) is 21.0. The summed E-state index contributed by atoms with van der Waals surface area (Å²) >= 11 is 6.87. The Morgan fingerprint density at radius 3 is 2.76 bits per heavy atom. The van der Waals surface area contributed by atoms with Gasteiger partial charge in [0, 0.05) is 6.54 Å². The van der Waals surface area contributed by atoms with Crippen LogP contribution in [0.1, 0.15) is 5.56 Å². The van der Waals surface area contributed by atoms with Crippen molar-refractivity contribution in [3.8, 4) is 11.6 Å². The molecule has 0 saturated carbocycles. The number of hydrogen-bond acceptors (Lipinski definition) is 5. The van der Waals surface area contributed by atoms with Gasteiger partial charge in [-0.05, 0) is 24.3 Å². The Bertz CT molecular complexity index is 1020. The molecule has 152 valence electrons. The van der Waals surface area contributed by atoms with Crippen molar-refractivity contribution in [2.75, 3.05) is 11.1 Å². The van der Waals surface area contributed by atoms with E-state index in [4.69, 9.17) is 16.0 Å². The second-order valence-electron chi connectivity index (χ2n) is 5.68. The zero-order valence-corrected chi connectivity index (χ0v) is 16.3. The first kappa shape index (κ1) is 21.0. The lowest BCUT2D eigenvalue weighted by Crippen LogP contribution is -2.19. The van der Waals surface area contributed by atoms with Crippen LogP contribution in [0.25, 0.3) is 11.6 Å². The summed E-state index contributed by atoms with van der Waals surface area (Å²) in [6.07, 6.45) is -1.54. The number of hydrogen-bond donors (Lipinski definition) is 1. The first-order valence-corrected chi connectivity index (χ1v) is 9.54. The molecule has 0 radical (unpaired) electrons. The van der Waals surface area contributed by atoms with Gasteiger partial charge in [-0.3, -0.25) is 9.36 Å². The molecule has 0 spiro atoms. The number of thioether (sulfide) groups is 1. The summed E-state index contributed by atoms with van der Waals surface area (Å²) in [5, 5.41) is 10.5. The lowest BCUT2D eigenvalue weighted by atomic mass is 10.1. The second kappa shape index (κ2) is 8.75. The summed E-state index contributed by atoms with van der Waals surface area (Å²) in [7, 11) is 0. The minimum absolute atomic E-state index is 0.198. The predicted molar refractivity (Wildman–Crippen MR) is 104 cm³/mol. The van der Waals surface area contributed by atoms with Crippen molar-refractivity contribution < 1.29 is 22.4 Å². The van der Waals surface area contributed by atoms with E-state index in [0.717, 1.165) is 17.8 Å². The minimum Gasteiger partial charge on any atom is -0.461 e. The van der Waals surface area contributed by atoms with E-state index in [0.29, 0.717) is 23.3 Å². The Kier molecular flexibility index (Phi) is 6.33. The standard InChI is InChI=1S/C18H14ClF3N4O2S/c1-2-8-26-16(13-7-4-9-28-13)24-25-17(26)29-10-14(27)23-15-11(18(20,21)22)5-3-6-12(15)19/h2-7,9H,1,8,10H2,(H,23,27). The molecule has 0 unspecified atom stereocenters. The number of rotatable bonds is 7. The van der Waals surface area contributed by atoms with Gasteiger partial charge in [-0.2, -0.15) is 13.2 Å². The Morgan fingerprint density at radius 2 is 2.10 bits per heavy atom. The topological polar surface area (TPSA) is 73.0 Å². The van der Waals surface area contributed by atoms with Gasteiger partial charge in [0.1, 0.15) is 0 Å². The van der Waals surface area contributed by atoms with Crippen LogP contribution in [-0.4, -0.2) is 26.4 Å². The van der Waals surface area contributed by atoms with Crippen LogP contribution in [0.4, 0.5) is 18.9 Å². The second-order valence-corrected chi connectivity index (χ2v) is 7.03. The number of amides is 1. The number of carbonyl (C=O) groups excluding carboxylic acids is 1.